The van der Waals surface area contributed by atoms with Crippen LogP contribution in [0.25, 0.3) is 10.8 Å². The molecule has 3 rings (SSSR count). The zero-order valence-electron chi connectivity index (χ0n) is 10.6. The van der Waals surface area contributed by atoms with Gasteiger partial charge in [-0.25, -0.2) is 0 Å². The highest BCUT2D eigenvalue weighted by molar-refractivity contribution is 9.10. The molecule has 0 radical (unpaired) electrons. The van der Waals surface area contributed by atoms with Crippen molar-refractivity contribution in [3.05, 3.63) is 62.8 Å². The predicted octanol–water partition coefficient (Wildman–Crippen LogP) is 5.15. The van der Waals surface area contributed by atoms with Crippen molar-refractivity contribution in [1.82, 2.24) is 0 Å². The lowest BCUT2D eigenvalue weighted by Gasteiger charge is -2.10. The monoisotopic (exact) mass is 342 g/mol. The predicted molar refractivity (Wildman–Crippen MR) is 88.0 cm³/mol. The van der Waals surface area contributed by atoms with Crippen LogP contribution in [-0.2, 0) is 6.54 Å². The summed E-state index contributed by atoms with van der Waals surface area (Å²) in [6.07, 6.45) is 0. The Labute approximate surface area is 129 Å². The summed E-state index contributed by atoms with van der Waals surface area (Å²) in [5, 5.41) is 14.7. The first kappa shape index (κ1) is 13.2. The standard InChI is InChI=1S/C16H11BrN2S/c17-15-7-8-16(14-4-2-1-3-13(14)15)19-10-12-6-5-11(9-18)20-12/h1-8,19H,10H2. The molecular weight excluding hydrogens is 332 g/mol. The molecule has 0 amide bonds. The van der Waals surface area contributed by atoms with Crippen LogP contribution in [0.2, 0.25) is 0 Å². The van der Waals surface area contributed by atoms with Crippen molar-refractivity contribution in [3.63, 3.8) is 0 Å². The summed E-state index contributed by atoms with van der Waals surface area (Å²) in [5.74, 6) is 0. The third kappa shape index (κ3) is 2.55. The van der Waals surface area contributed by atoms with E-state index in [9.17, 15) is 0 Å². The third-order valence-corrected chi connectivity index (χ3v) is 4.78. The highest BCUT2D eigenvalue weighted by Gasteiger charge is 2.04. The van der Waals surface area contributed by atoms with Crippen molar-refractivity contribution in [3.8, 4) is 6.07 Å². The minimum atomic E-state index is 0.734. The SMILES string of the molecule is N#Cc1ccc(CNc2ccc(Br)c3ccccc23)s1. The molecule has 0 saturated heterocycles. The summed E-state index contributed by atoms with van der Waals surface area (Å²) in [5.41, 5.74) is 1.11. The lowest BCUT2D eigenvalue weighted by Crippen LogP contribution is -1.98. The van der Waals surface area contributed by atoms with E-state index in [0.717, 1.165) is 26.5 Å². The van der Waals surface area contributed by atoms with Crippen molar-refractivity contribution >= 4 is 43.7 Å². The van der Waals surface area contributed by atoms with Crippen molar-refractivity contribution in [2.45, 2.75) is 6.54 Å². The molecule has 0 fully saturated rings. The van der Waals surface area contributed by atoms with Gasteiger partial charge in [0, 0.05) is 27.0 Å². The molecule has 1 N–H and O–H groups in total. The zero-order valence-corrected chi connectivity index (χ0v) is 13.0. The maximum absolute atomic E-state index is 8.84. The largest absolute Gasteiger partial charge is 0.380 e. The van der Waals surface area contributed by atoms with Gasteiger partial charge in [0.2, 0.25) is 0 Å². The van der Waals surface area contributed by atoms with Crippen molar-refractivity contribution < 1.29 is 0 Å². The minimum Gasteiger partial charge on any atom is -0.380 e. The van der Waals surface area contributed by atoms with E-state index in [-0.39, 0.29) is 0 Å². The second kappa shape index (κ2) is 5.66. The van der Waals surface area contributed by atoms with Crippen LogP contribution >= 0.6 is 27.3 Å². The van der Waals surface area contributed by atoms with Gasteiger partial charge in [0.05, 0.1) is 0 Å². The fourth-order valence-electron chi connectivity index (χ4n) is 2.13. The third-order valence-electron chi connectivity index (χ3n) is 3.10. The quantitative estimate of drug-likeness (QED) is 0.714. The first-order valence-corrected chi connectivity index (χ1v) is 7.79. The van der Waals surface area contributed by atoms with E-state index >= 15 is 0 Å². The van der Waals surface area contributed by atoms with Gasteiger partial charge in [-0.05, 0) is 29.7 Å². The number of nitrogens with zero attached hydrogens (tertiary/aromatic N) is 1. The van der Waals surface area contributed by atoms with E-state index in [1.165, 1.54) is 22.1 Å². The smallest absolute Gasteiger partial charge is 0.110 e. The number of benzene rings is 2. The Morgan fingerprint density at radius 3 is 2.60 bits per heavy atom. The van der Waals surface area contributed by atoms with Crippen molar-refractivity contribution in [2.24, 2.45) is 0 Å². The highest BCUT2D eigenvalue weighted by atomic mass is 79.9. The van der Waals surface area contributed by atoms with Crippen LogP contribution < -0.4 is 5.32 Å². The Hall–Kier alpha value is -1.83. The summed E-state index contributed by atoms with van der Waals surface area (Å²) in [6.45, 7) is 0.734. The molecule has 0 aliphatic carbocycles. The average Bonchev–Trinajstić information content (AvgIpc) is 2.95. The number of hydrogen-bond donors (Lipinski definition) is 1. The van der Waals surface area contributed by atoms with Crippen LogP contribution in [-0.4, -0.2) is 0 Å². The number of nitrogens with one attached hydrogen (secondary N) is 1. The maximum Gasteiger partial charge on any atom is 0.110 e. The molecule has 20 heavy (non-hydrogen) atoms. The first-order chi connectivity index (χ1) is 9.78. The maximum atomic E-state index is 8.84. The normalized spacial score (nSPS) is 10.4. The fourth-order valence-corrected chi connectivity index (χ4v) is 3.35. The topological polar surface area (TPSA) is 35.8 Å². The molecular formula is C16H11BrN2S. The van der Waals surface area contributed by atoms with E-state index in [2.05, 4.69) is 51.6 Å². The van der Waals surface area contributed by atoms with Crippen LogP contribution in [0.4, 0.5) is 5.69 Å². The van der Waals surface area contributed by atoms with Gasteiger partial charge in [0.15, 0.2) is 0 Å². The summed E-state index contributed by atoms with van der Waals surface area (Å²) < 4.78 is 1.10. The second-order valence-electron chi connectivity index (χ2n) is 4.37. The number of nitriles is 1. The molecule has 0 saturated carbocycles. The molecule has 2 aromatic carbocycles. The van der Waals surface area contributed by atoms with Gasteiger partial charge in [-0.1, -0.05) is 40.2 Å². The van der Waals surface area contributed by atoms with Gasteiger partial charge < -0.3 is 5.32 Å². The molecule has 1 heterocycles. The highest BCUT2D eigenvalue weighted by Crippen LogP contribution is 2.30. The molecule has 0 spiro atoms. The number of thiophene rings is 1. The van der Waals surface area contributed by atoms with Crippen molar-refractivity contribution in [1.29, 1.82) is 5.26 Å². The molecule has 3 aromatic rings. The van der Waals surface area contributed by atoms with E-state index in [4.69, 9.17) is 5.26 Å². The molecule has 1 aromatic heterocycles. The summed E-state index contributed by atoms with van der Waals surface area (Å²) in [6, 6.07) is 18.4. The van der Waals surface area contributed by atoms with E-state index < -0.39 is 0 Å². The molecule has 2 nitrogen and oxygen atoms in total. The molecule has 98 valence electrons. The lowest BCUT2D eigenvalue weighted by molar-refractivity contribution is 1.20. The molecule has 0 bridgehead atoms. The van der Waals surface area contributed by atoms with Gasteiger partial charge >= 0.3 is 0 Å². The van der Waals surface area contributed by atoms with E-state index in [1.807, 2.05) is 24.3 Å². The van der Waals surface area contributed by atoms with Crippen molar-refractivity contribution in [2.75, 3.05) is 5.32 Å². The molecule has 0 aliphatic rings. The van der Waals surface area contributed by atoms with Crippen LogP contribution in [0.1, 0.15) is 9.75 Å². The Morgan fingerprint density at radius 2 is 1.85 bits per heavy atom. The average molecular weight is 343 g/mol. The van der Waals surface area contributed by atoms with Gasteiger partial charge in [-0.3, -0.25) is 0 Å². The first-order valence-electron chi connectivity index (χ1n) is 6.18. The molecule has 0 atom stereocenters. The zero-order chi connectivity index (χ0) is 13.9. The Balaban J connectivity index is 1.88. The summed E-state index contributed by atoms with van der Waals surface area (Å²) in [7, 11) is 0. The summed E-state index contributed by atoms with van der Waals surface area (Å²) >= 11 is 5.11. The molecule has 4 heteroatoms. The number of hydrogen-bond acceptors (Lipinski definition) is 3. The van der Waals surface area contributed by atoms with E-state index in [0.29, 0.717) is 0 Å². The second-order valence-corrected chi connectivity index (χ2v) is 6.39. The van der Waals surface area contributed by atoms with Gasteiger partial charge in [-0.15, -0.1) is 11.3 Å². The van der Waals surface area contributed by atoms with Crippen LogP contribution in [0, 0.1) is 11.3 Å². The van der Waals surface area contributed by atoms with Crippen LogP contribution in [0.15, 0.2) is 53.0 Å². The molecule has 0 aliphatic heterocycles. The van der Waals surface area contributed by atoms with Gasteiger partial charge in [0.25, 0.3) is 0 Å². The minimum absolute atomic E-state index is 0.734. The fraction of sp³-hybridized carbons (Fsp3) is 0.0625. The Bertz CT molecular complexity index is 802. The van der Waals surface area contributed by atoms with Gasteiger partial charge in [-0.2, -0.15) is 5.26 Å². The number of anilines is 1. The van der Waals surface area contributed by atoms with E-state index in [1.54, 1.807) is 0 Å². The van der Waals surface area contributed by atoms with Gasteiger partial charge in [0.1, 0.15) is 10.9 Å². The van der Waals surface area contributed by atoms with Crippen LogP contribution in [0.5, 0.6) is 0 Å². The Kier molecular flexibility index (Phi) is 3.72. The Morgan fingerprint density at radius 1 is 1.05 bits per heavy atom. The summed E-state index contributed by atoms with van der Waals surface area (Å²) in [4.78, 5) is 1.91. The number of halogens is 1. The number of fused-ring (bicyclic) bond motifs is 1. The lowest BCUT2D eigenvalue weighted by atomic mass is 10.1. The van der Waals surface area contributed by atoms with Crippen LogP contribution in [0.3, 0.4) is 0 Å². The number of rotatable bonds is 3. The molecule has 0 unspecified atom stereocenters.